The molecule has 0 amide bonds. The van der Waals surface area contributed by atoms with Gasteiger partial charge in [-0.25, -0.2) is 0 Å². The van der Waals surface area contributed by atoms with Gasteiger partial charge in [0.25, 0.3) is 0 Å². The number of halogens is 1. The standard InChI is InChI=1S/C16H22ClN3O/c1-3-13-16(17)14(19(2)18-13)10-20-8-11-6-4-5-7-15(21)12(11)9-20/h8-9,15,21H,3-7,10H2,1-2H3. The smallest absolute Gasteiger partial charge is 0.0868 e. The molecule has 21 heavy (non-hydrogen) atoms. The Morgan fingerprint density at radius 3 is 2.90 bits per heavy atom. The molecule has 5 heteroatoms. The van der Waals surface area contributed by atoms with Gasteiger partial charge in [0.1, 0.15) is 0 Å². The zero-order valence-electron chi connectivity index (χ0n) is 12.6. The van der Waals surface area contributed by atoms with Gasteiger partial charge in [0.2, 0.25) is 0 Å². The summed E-state index contributed by atoms with van der Waals surface area (Å²) in [4.78, 5) is 0. The summed E-state index contributed by atoms with van der Waals surface area (Å²) in [5.74, 6) is 0. The van der Waals surface area contributed by atoms with E-state index in [9.17, 15) is 5.11 Å². The van der Waals surface area contributed by atoms with Crippen molar-refractivity contribution in [2.45, 2.75) is 51.7 Å². The van der Waals surface area contributed by atoms with E-state index in [1.165, 1.54) is 5.56 Å². The zero-order valence-corrected chi connectivity index (χ0v) is 13.4. The molecule has 0 aromatic carbocycles. The number of aliphatic hydroxyl groups is 1. The number of aryl methyl sites for hydroxylation is 3. The van der Waals surface area contributed by atoms with Crippen LogP contribution in [0.1, 0.15) is 54.8 Å². The lowest BCUT2D eigenvalue weighted by Crippen LogP contribution is -2.04. The van der Waals surface area contributed by atoms with Gasteiger partial charge in [-0.05, 0) is 31.2 Å². The molecule has 0 fully saturated rings. The lowest BCUT2D eigenvalue weighted by Gasteiger charge is -2.07. The predicted octanol–water partition coefficient (Wildman–Crippen LogP) is 3.25. The van der Waals surface area contributed by atoms with Crippen molar-refractivity contribution in [2.24, 2.45) is 7.05 Å². The lowest BCUT2D eigenvalue weighted by atomic mass is 10.1. The third-order valence-corrected chi connectivity index (χ3v) is 4.80. The first-order valence-electron chi connectivity index (χ1n) is 7.67. The Hall–Kier alpha value is -1.26. The van der Waals surface area contributed by atoms with Gasteiger partial charge in [-0.2, -0.15) is 5.10 Å². The van der Waals surface area contributed by atoms with Crippen molar-refractivity contribution in [3.8, 4) is 0 Å². The summed E-state index contributed by atoms with van der Waals surface area (Å²) >= 11 is 6.42. The van der Waals surface area contributed by atoms with Crippen LogP contribution in [-0.2, 0) is 26.4 Å². The Bertz CT molecular complexity index is 644. The minimum absolute atomic E-state index is 0.322. The summed E-state index contributed by atoms with van der Waals surface area (Å²) in [6.07, 6.45) is 8.91. The topological polar surface area (TPSA) is 43.0 Å². The molecule has 1 unspecified atom stereocenters. The number of rotatable bonds is 3. The van der Waals surface area contributed by atoms with E-state index in [0.717, 1.165) is 54.1 Å². The number of aliphatic hydroxyl groups excluding tert-OH is 1. The van der Waals surface area contributed by atoms with Crippen molar-refractivity contribution >= 4 is 11.6 Å². The van der Waals surface area contributed by atoms with Crippen LogP contribution in [0.15, 0.2) is 12.4 Å². The van der Waals surface area contributed by atoms with Crippen LogP contribution < -0.4 is 0 Å². The molecular formula is C16H22ClN3O. The van der Waals surface area contributed by atoms with E-state index in [1.807, 2.05) is 11.7 Å². The van der Waals surface area contributed by atoms with Crippen LogP contribution in [0.25, 0.3) is 0 Å². The quantitative estimate of drug-likeness (QED) is 0.885. The highest BCUT2D eigenvalue weighted by Crippen LogP contribution is 2.30. The second-order valence-electron chi connectivity index (χ2n) is 5.86. The summed E-state index contributed by atoms with van der Waals surface area (Å²) in [7, 11) is 1.93. The normalized spacial score (nSPS) is 18.6. The van der Waals surface area contributed by atoms with E-state index in [4.69, 9.17) is 11.6 Å². The molecule has 0 saturated heterocycles. The number of aromatic nitrogens is 3. The number of nitrogens with zero attached hydrogens (tertiary/aromatic N) is 3. The maximum Gasteiger partial charge on any atom is 0.0868 e. The fourth-order valence-corrected chi connectivity index (χ4v) is 3.50. The third-order valence-electron chi connectivity index (χ3n) is 4.37. The second kappa shape index (κ2) is 5.85. The van der Waals surface area contributed by atoms with Crippen molar-refractivity contribution in [1.29, 1.82) is 0 Å². The van der Waals surface area contributed by atoms with Gasteiger partial charge in [-0.3, -0.25) is 4.68 Å². The summed E-state index contributed by atoms with van der Waals surface area (Å²) in [6.45, 7) is 2.76. The zero-order chi connectivity index (χ0) is 15.0. The molecule has 0 spiro atoms. The van der Waals surface area contributed by atoms with E-state index in [0.29, 0.717) is 6.54 Å². The van der Waals surface area contributed by atoms with E-state index in [1.54, 1.807) is 0 Å². The maximum absolute atomic E-state index is 10.2. The first kappa shape index (κ1) is 14.7. The van der Waals surface area contributed by atoms with Gasteiger partial charge >= 0.3 is 0 Å². The average Bonchev–Trinajstić information content (AvgIpc) is 2.94. The Labute approximate surface area is 130 Å². The highest BCUT2D eigenvalue weighted by molar-refractivity contribution is 6.31. The molecule has 0 aliphatic heterocycles. The molecule has 2 heterocycles. The molecule has 1 aliphatic rings. The van der Waals surface area contributed by atoms with Crippen LogP contribution >= 0.6 is 11.6 Å². The minimum Gasteiger partial charge on any atom is -0.388 e. The predicted molar refractivity (Wildman–Crippen MR) is 83.6 cm³/mol. The summed E-state index contributed by atoms with van der Waals surface area (Å²) in [5, 5.41) is 15.4. The molecule has 1 N–H and O–H groups in total. The fourth-order valence-electron chi connectivity index (χ4n) is 3.15. The van der Waals surface area contributed by atoms with Crippen molar-refractivity contribution in [2.75, 3.05) is 0 Å². The van der Waals surface area contributed by atoms with Crippen LogP contribution in [0.3, 0.4) is 0 Å². The van der Waals surface area contributed by atoms with E-state index >= 15 is 0 Å². The van der Waals surface area contributed by atoms with Crippen molar-refractivity contribution in [1.82, 2.24) is 14.3 Å². The Morgan fingerprint density at radius 1 is 1.38 bits per heavy atom. The van der Waals surface area contributed by atoms with Crippen LogP contribution in [-0.4, -0.2) is 19.5 Å². The van der Waals surface area contributed by atoms with Gasteiger partial charge in [0.05, 0.1) is 29.1 Å². The molecular weight excluding hydrogens is 286 g/mol. The van der Waals surface area contributed by atoms with Gasteiger partial charge in [-0.1, -0.05) is 24.9 Å². The summed E-state index contributed by atoms with van der Waals surface area (Å²) < 4.78 is 3.99. The van der Waals surface area contributed by atoms with Crippen molar-refractivity contribution < 1.29 is 5.11 Å². The lowest BCUT2D eigenvalue weighted by molar-refractivity contribution is 0.166. The highest BCUT2D eigenvalue weighted by Gasteiger charge is 2.20. The fraction of sp³-hybridized carbons (Fsp3) is 0.562. The van der Waals surface area contributed by atoms with Gasteiger partial charge < -0.3 is 9.67 Å². The second-order valence-corrected chi connectivity index (χ2v) is 6.24. The molecule has 1 atom stereocenters. The number of hydrogen-bond acceptors (Lipinski definition) is 2. The van der Waals surface area contributed by atoms with Crippen molar-refractivity contribution in [3.63, 3.8) is 0 Å². The van der Waals surface area contributed by atoms with E-state index in [-0.39, 0.29) is 6.10 Å². The largest absolute Gasteiger partial charge is 0.388 e. The Balaban J connectivity index is 1.89. The summed E-state index contributed by atoms with van der Waals surface area (Å²) in [6, 6.07) is 0. The highest BCUT2D eigenvalue weighted by atomic mass is 35.5. The molecule has 1 aliphatic carbocycles. The minimum atomic E-state index is -0.322. The molecule has 114 valence electrons. The maximum atomic E-state index is 10.2. The van der Waals surface area contributed by atoms with E-state index < -0.39 is 0 Å². The molecule has 4 nitrogen and oxygen atoms in total. The van der Waals surface area contributed by atoms with Crippen LogP contribution in [0.5, 0.6) is 0 Å². The third kappa shape index (κ3) is 2.74. The van der Waals surface area contributed by atoms with Gasteiger partial charge in [0, 0.05) is 25.0 Å². The Morgan fingerprint density at radius 2 is 2.19 bits per heavy atom. The molecule has 0 saturated carbocycles. The molecule has 0 bridgehead atoms. The SMILES string of the molecule is CCc1nn(C)c(Cn2cc3c(c2)C(O)CCCC3)c1Cl. The number of hydrogen-bond donors (Lipinski definition) is 1. The van der Waals surface area contributed by atoms with Crippen LogP contribution in [0, 0.1) is 0 Å². The summed E-state index contributed by atoms with van der Waals surface area (Å²) in [5.41, 5.74) is 4.33. The molecule has 3 rings (SSSR count). The molecule has 2 aromatic rings. The monoisotopic (exact) mass is 307 g/mol. The van der Waals surface area contributed by atoms with Crippen LogP contribution in [0.4, 0.5) is 0 Å². The average molecular weight is 308 g/mol. The molecule has 2 aromatic heterocycles. The van der Waals surface area contributed by atoms with Gasteiger partial charge in [0.15, 0.2) is 0 Å². The Kier molecular flexibility index (Phi) is 4.09. The number of fused-ring (bicyclic) bond motifs is 1. The van der Waals surface area contributed by atoms with E-state index in [2.05, 4.69) is 29.0 Å². The van der Waals surface area contributed by atoms with Crippen LogP contribution in [0.2, 0.25) is 5.02 Å². The first-order chi connectivity index (χ1) is 10.1. The molecule has 0 radical (unpaired) electrons. The van der Waals surface area contributed by atoms with Crippen molar-refractivity contribution in [3.05, 3.63) is 39.9 Å². The first-order valence-corrected chi connectivity index (χ1v) is 8.04. The van der Waals surface area contributed by atoms with Gasteiger partial charge in [-0.15, -0.1) is 0 Å².